The maximum atomic E-state index is 11.8. The molecule has 0 radical (unpaired) electrons. The van der Waals surface area contributed by atoms with Gasteiger partial charge < -0.3 is 4.74 Å². The molecule has 2 heterocycles. The molecule has 1 aromatic heterocycles. The Morgan fingerprint density at radius 3 is 3.05 bits per heavy atom. The van der Waals surface area contributed by atoms with Gasteiger partial charge in [-0.25, -0.2) is 13.1 Å². The zero-order chi connectivity index (χ0) is 13.7. The summed E-state index contributed by atoms with van der Waals surface area (Å²) in [6, 6.07) is 0. The average Bonchev–Trinajstić information content (AvgIpc) is 2.96. The number of ether oxygens (including phenoxy) is 1. The van der Waals surface area contributed by atoms with Gasteiger partial charge in [-0.1, -0.05) is 0 Å². The van der Waals surface area contributed by atoms with Gasteiger partial charge in [0.25, 0.3) is 0 Å². The van der Waals surface area contributed by atoms with Crippen molar-refractivity contribution in [3.63, 3.8) is 0 Å². The van der Waals surface area contributed by atoms with Crippen LogP contribution in [0.25, 0.3) is 0 Å². The summed E-state index contributed by atoms with van der Waals surface area (Å²) in [5.74, 6) is 0.0811. The maximum absolute atomic E-state index is 11.8. The number of aryl methyl sites for hydroxylation is 2. The Morgan fingerprint density at radius 1 is 1.58 bits per heavy atom. The molecule has 2 rings (SSSR count). The summed E-state index contributed by atoms with van der Waals surface area (Å²) in [7, 11) is -3.21. The molecule has 0 amide bonds. The second-order valence-electron chi connectivity index (χ2n) is 4.93. The minimum absolute atomic E-state index is 0.0811. The van der Waals surface area contributed by atoms with E-state index in [0.717, 1.165) is 36.9 Å². The number of nitrogens with one attached hydrogen (secondary N) is 2. The predicted octanol–water partition coefficient (Wildman–Crippen LogP) is 0.749. The molecule has 0 saturated carbocycles. The number of aromatic amines is 1. The number of rotatable bonds is 7. The fourth-order valence-corrected chi connectivity index (χ4v) is 3.54. The van der Waals surface area contributed by atoms with Crippen LogP contribution in [0, 0.1) is 6.92 Å². The fourth-order valence-electron chi connectivity index (χ4n) is 2.21. The first-order chi connectivity index (χ1) is 9.07. The van der Waals surface area contributed by atoms with Crippen LogP contribution in [0.4, 0.5) is 0 Å². The molecule has 7 heteroatoms. The summed E-state index contributed by atoms with van der Waals surface area (Å²) >= 11 is 0. The van der Waals surface area contributed by atoms with Crippen molar-refractivity contribution in [3.8, 4) is 0 Å². The normalized spacial score (nSPS) is 19.9. The highest BCUT2D eigenvalue weighted by Crippen LogP contribution is 2.13. The van der Waals surface area contributed by atoms with Crippen LogP contribution in [-0.4, -0.2) is 43.6 Å². The first kappa shape index (κ1) is 14.5. The van der Waals surface area contributed by atoms with Crippen LogP contribution in [0.2, 0.25) is 0 Å². The number of nitrogens with zero attached hydrogens (tertiary/aromatic N) is 1. The van der Waals surface area contributed by atoms with Crippen molar-refractivity contribution in [2.75, 3.05) is 18.9 Å². The summed E-state index contributed by atoms with van der Waals surface area (Å²) < 4.78 is 31.6. The van der Waals surface area contributed by atoms with Gasteiger partial charge >= 0.3 is 0 Å². The number of aromatic nitrogens is 2. The van der Waals surface area contributed by atoms with E-state index in [-0.39, 0.29) is 11.9 Å². The molecule has 1 atom stereocenters. The van der Waals surface area contributed by atoms with E-state index in [9.17, 15) is 8.42 Å². The van der Waals surface area contributed by atoms with E-state index in [0.29, 0.717) is 13.2 Å². The number of sulfonamides is 1. The van der Waals surface area contributed by atoms with Gasteiger partial charge in [-0.3, -0.25) is 5.10 Å². The van der Waals surface area contributed by atoms with Gasteiger partial charge in [-0.15, -0.1) is 0 Å². The van der Waals surface area contributed by atoms with E-state index in [1.165, 1.54) is 0 Å². The van der Waals surface area contributed by atoms with Crippen molar-refractivity contribution in [2.24, 2.45) is 0 Å². The lowest BCUT2D eigenvalue weighted by molar-refractivity contribution is 0.127. The minimum atomic E-state index is -3.21. The first-order valence-corrected chi connectivity index (χ1v) is 8.30. The highest BCUT2D eigenvalue weighted by molar-refractivity contribution is 7.89. The second kappa shape index (κ2) is 6.49. The lowest BCUT2D eigenvalue weighted by Crippen LogP contribution is -2.32. The van der Waals surface area contributed by atoms with E-state index in [4.69, 9.17) is 4.74 Å². The summed E-state index contributed by atoms with van der Waals surface area (Å²) in [6.45, 7) is 3.10. The van der Waals surface area contributed by atoms with Gasteiger partial charge in [0.1, 0.15) is 0 Å². The summed E-state index contributed by atoms with van der Waals surface area (Å²) in [6.07, 6.45) is 5.05. The van der Waals surface area contributed by atoms with Gasteiger partial charge in [0.05, 0.1) is 18.1 Å². The van der Waals surface area contributed by atoms with E-state index in [1.54, 1.807) is 6.20 Å². The third-order valence-electron chi connectivity index (χ3n) is 3.31. The lowest BCUT2D eigenvalue weighted by atomic mass is 10.1. The Hall–Kier alpha value is -0.920. The summed E-state index contributed by atoms with van der Waals surface area (Å²) in [5.41, 5.74) is 2.18. The van der Waals surface area contributed by atoms with Crippen LogP contribution in [0.1, 0.15) is 30.5 Å². The average molecular weight is 287 g/mol. The van der Waals surface area contributed by atoms with Crippen molar-refractivity contribution in [1.29, 1.82) is 0 Å². The number of hydrogen-bond donors (Lipinski definition) is 2. The van der Waals surface area contributed by atoms with Gasteiger partial charge in [0.2, 0.25) is 10.0 Å². The molecular weight excluding hydrogens is 266 g/mol. The Bertz CT molecular complexity index is 492. The van der Waals surface area contributed by atoms with Crippen molar-refractivity contribution in [1.82, 2.24) is 14.9 Å². The fraction of sp³-hybridized carbons (Fsp3) is 0.750. The largest absolute Gasteiger partial charge is 0.377 e. The smallest absolute Gasteiger partial charge is 0.214 e. The van der Waals surface area contributed by atoms with Gasteiger partial charge in [-0.05, 0) is 38.2 Å². The van der Waals surface area contributed by atoms with Crippen LogP contribution >= 0.6 is 0 Å². The standard InChI is InChI=1S/C12H21N3O3S/c1-10-11(8-13-15-10)4-2-6-14-19(16,17)9-12-5-3-7-18-12/h8,12,14H,2-7,9H2,1H3,(H,13,15). The molecule has 1 aliphatic rings. The lowest BCUT2D eigenvalue weighted by Gasteiger charge is -2.11. The number of H-pyrrole nitrogens is 1. The van der Waals surface area contributed by atoms with Gasteiger partial charge in [0.15, 0.2) is 0 Å². The highest BCUT2D eigenvalue weighted by atomic mass is 32.2. The monoisotopic (exact) mass is 287 g/mol. The molecule has 0 spiro atoms. The molecule has 2 N–H and O–H groups in total. The predicted molar refractivity (Wildman–Crippen MR) is 72.4 cm³/mol. The van der Waals surface area contributed by atoms with Crippen molar-refractivity contribution >= 4 is 10.0 Å². The maximum Gasteiger partial charge on any atom is 0.214 e. The van der Waals surface area contributed by atoms with Crippen LogP contribution in [0.5, 0.6) is 0 Å². The van der Waals surface area contributed by atoms with E-state index in [2.05, 4.69) is 14.9 Å². The quantitative estimate of drug-likeness (QED) is 0.725. The van der Waals surface area contributed by atoms with Crippen LogP contribution in [0.15, 0.2) is 6.20 Å². The molecule has 1 saturated heterocycles. The Morgan fingerprint density at radius 2 is 2.42 bits per heavy atom. The molecule has 19 heavy (non-hydrogen) atoms. The van der Waals surface area contributed by atoms with E-state index < -0.39 is 10.0 Å². The summed E-state index contributed by atoms with van der Waals surface area (Å²) in [4.78, 5) is 0. The molecule has 1 unspecified atom stereocenters. The zero-order valence-electron chi connectivity index (χ0n) is 11.2. The van der Waals surface area contributed by atoms with E-state index in [1.807, 2.05) is 6.92 Å². The molecular formula is C12H21N3O3S. The van der Waals surface area contributed by atoms with Crippen LogP contribution < -0.4 is 4.72 Å². The third-order valence-corrected chi connectivity index (χ3v) is 4.76. The van der Waals surface area contributed by atoms with Crippen LogP contribution in [-0.2, 0) is 21.2 Å². The SMILES string of the molecule is Cc1[nH]ncc1CCCNS(=O)(=O)CC1CCCO1. The molecule has 0 aromatic carbocycles. The molecule has 1 fully saturated rings. The van der Waals surface area contributed by atoms with Crippen molar-refractivity contribution in [2.45, 2.75) is 38.7 Å². The van der Waals surface area contributed by atoms with Gasteiger partial charge in [-0.2, -0.15) is 5.10 Å². The Labute approximate surface area is 114 Å². The highest BCUT2D eigenvalue weighted by Gasteiger charge is 2.22. The van der Waals surface area contributed by atoms with E-state index >= 15 is 0 Å². The Kier molecular flexibility index (Phi) is 4.95. The summed E-state index contributed by atoms with van der Waals surface area (Å²) in [5, 5.41) is 6.81. The minimum Gasteiger partial charge on any atom is -0.377 e. The third kappa shape index (κ3) is 4.59. The molecule has 1 aliphatic heterocycles. The van der Waals surface area contributed by atoms with Crippen molar-refractivity contribution in [3.05, 3.63) is 17.5 Å². The second-order valence-corrected chi connectivity index (χ2v) is 6.79. The van der Waals surface area contributed by atoms with Crippen LogP contribution in [0.3, 0.4) is 0 Å². The molecule has 6 nitrogen and oxygen atoms in total. The Balaban J connectivity index is 1.68. The molecule has 0 bridgehead atoms. The van der Waals surface area contributed by atoms with Gasteiger partial charge in [0, 0.05) is 18.8 Å². The topological polar surface area (TPSA) is 84.1 Å². The zero-order valence-corrected chi connectivity index (χ0v) is 12.0. The van der Waals surface area contributed by atoms with Crippen molar-refractivity contribution < 1.29 is 13.2 Å². The molecule has 0 aliphatic carbocycles. The molecule has 108 valence electrons. The molecule has 1 aromatic rings. The number of hydrogen-bond acceptors (Lipinski definition) is 4. The first-order valence-electron chi connectivity index (χ1n) is 6.64.